The van der Waals surface area contributed by atoms with Gasteiger partial charge in [-0.2, -0.15) is 10.2 Å². The molecule has 0 radical (unpaired) electrons. The number of benzene rings is 1. The summed E-state index contributed by atoms with van der Waals surface area (Å²) in [5.74, 6) is 6.44. The fourth-order valence-electron chi connectivity index (χ4n) is 2.68. The number of nitrogens with zero attached hydrogens (tertiary/aromatic N) is 2. The SMILES string of the molecule is CC1(C)CCSc2ccc(C#Cc3cnnc(CC(=O)O)c3)cc21. The van der Waals surface area contributed by atoms with E-state index in [4.69, 9.17) is 5.11 Å². The van der Waals surface area contributed by atoms with Crippen molar-refractivity contribution >= 4 is 17.7 Å². The average molecular weight is 338 g/mol. The fraction of sp³-hybridized carbons (Fsp3) is 0.316. The number of rotatable bonds is 2. The van der Waals surface area contributed by atoms with E-state index in [0.29, 0.717) is 11.3 Å². The Hall–Kier alpha value is -2.32. The molecule has 3 rings (SSSR count). The second-order valence-corrected chi connectivity index (χ2v) is 7.59. The zero-order chi connectivity index (χ0) is 17.2. The van der Waals surface area contributed by atoms with Crippen molar-refractivity contribution in [1.82, 2.24) is 10.2 Å². The third-order valence-corrected chi connectivity index (χ3v) is 5.16. The summed E-state index contributed by atoms with van der Waals surface area (Å²) in [6, 6.07) is 8.02. The van der Waals surface area contributed by atoms with Gasteiger partial charge in [-0.25, -0.2) is 0 Å². The highest BCUT2D eigenvalue weighted by Crippen LogP contribution is 2.41. The molecular formula is C19H18N2O2S. The van der Waals surface area contributed by atoms with Crippen LogP contribution in [-0.4, -0.2) is 27.0 Å². The van der Waals surface area contributed by atoms with E-state index in [1.807, 2.05) is 17.8 Å². The van der Waals surface area contributed by atoms with Crippen LogP contribution in [0.1, 0.15) is 42.7 Å². The number of carboxylic acids is 1. The topological polar surface area (TPSA) is 63.1 Å². The summed E-state index contributed by atoms with van der Waals surface area (Å²) < 4.78 is 0. The fourth-order valence-corrected chi connectivity index (χ4v) is 4.17. The molecule has 5 heteroatoms. The van der Waals surface area contributed by atoms with Crippen LogP contribution in [0.15, 0.2) is 35.4 Å². The van der Waals surface area contributed by atoms with E-state index in [1.165, 1.54) is 10.5 Å². The van der Waals surface area contributed by atoms with Gasteiger partial charge in [-0.3, -0.25) is 4.79 Å². The van der Waals surface area contributed by atoms with Crippen molar-refractivity contribution in [2.75, 3.05) is 5.75 Å². The van der Waals surface area contributed by atoms with E-state index in [9.17, 15) is 4.79 Å². The standard InChI is InChI=1S/C19H18N2O2S/c1-19(2)7-8-24-17-6-5-13(10-16(17)19)3-4-14-9-15(11-18(22)23)21-20-12-14/h5-6,9-10,12H,7-8,11H2,1-2H3,(H,22,23). The molecule has 2 aromatic rings. The first-order valence-electron chi connectivity index (χ1n) is 7.77. The summed E-state index contributed by atoms with van der Waals surface area (Å²) in [5, 5.41) is 16.5. The summed E-state index contributed by atoms with van der Waals surface area (Å²) in [5.41, 5.74) is 3.57. The normalized spacial score (nSPS) is 15.1. The summed E-state index contributed by atoms with van der Waals surface area (Å²) in [7, 11) is 0. The van der Waals surface area contributed by atoms with Crippen LogP contribution in [0.4, 0.5) is 0 Å². The highest BCUT2D eigenvalue weighted by Gasteiger charge is 2.27. The zero-order valence-electron chi connectivity index (χ0n) is 13.7. The summed E-state index contributed by atoms with van der Waals surface area (Å²) in [6.45, 7) is 4.54. The van der Waals surface area contributed by atoms with Crippen LogP contribution in [0.5, 0.6) is 0 Å². The first kappa shape index (κ1) is 16.5. The maximum Gasteiger partial charge on any atom is 0.309 e. The van der Waals surface area contributed by atoms with Crippen molar-refractivity contribution in [3.63, 3.8) is 0 Å². The van der Waals surface area contributed by atoms with E-state index in [2.05, 4.69) is 48.0 Å². The van der Waals surface area contributed by atoms with Crippen molar-refractivity contribution in [3.8, 4) is 11.8 Å². The summed E-state index contributed by atoms with van der Waals surface area (Å²) in [6.07, 6.45) is 2.57. The van der Waals surface area contributed by atoms with Crippen LogP contribution in [0.2, 0.25) is 0 Å². The highest BCUT2D eigenvalue weighted by atomic mass is 32.2. The molecule has 0 saturated heterocycles. The summed E-state index contributed by atoms with van der Waals surface area (Å²) >= 11 is 1.90. The van der Waals surface area contributed by atoms with Gasteiger partial charge in [-0.1, -0.05) is 25.7 Å². The Bertz CT molecular complexity index is 850. The Labute approximate surface area is 145 Å². The van der Waals surface area contributed by atoms with Crippen molar-refractivity contribution < 1.29 is 9.90 Å². The van der Waals surface area contributed by atoms with Gasteiger partial charge < -0.3 is 5.11 Å². The van der Waals surface area contributed by atoms with Crippen molar-refractivity contribution in [1.29, 1.82) is 0 Å². The highest BCUT2D eigenvalue weighted by molar-refractivity contribution is 7.99. The van der Waals surface area contributed by atoms with Gasteiger partial charge in [0.2, 0.25) is 0 Å². The smallest absolute Gasteiger partial charge is 0.309 e. The predicted molar refractivity (Wildman–Crippen MR) is 94.2 cm³/mol. The van der Waals surface area contributed by atoms with Gasteiger partial charge in [0, 0.05) is 16.0 Å². The number of hydrogen-bond acceptors (Lipinski definition) is 4. The van der Waals surface area contributed by atoms with E-state index in [1.54, 1.807) is 12.3 Å². The van der Waals surface area contributed by atoms with Crippen LogP contribution in [0, 0.1) is 11.8 Å². The van der Waals surface area contributed by atoms with Crippen LogP contribution in [0.3, 0.4) is 0 Å². The minimum atomic E-state index is -0.927. The largest absolute Gasteiger partial charge is 0.481 e. The maximum atomic E-state index is 10.8. The molecule has 0 fully saturated rings. The van der Waals surface area contributed by atoms with Gasteiger partial charge in [-0.05, 0) is 47.4 Å². The van der Waals surface area contributed by atoms with Crippen LogP contribution in [-0.2, 0) is 16.6 Å². The van der Waals surface area contributed by atoms with E-state index in [0.717, 1.165) is 17.7 Å². The Morgan fingerprint density at radius 1 is 1.29 bits per heavy atom. The molecule has 1 aliphatic heterocycles. The number of hydrogen-bond donors (Lipinski definition) is 1. The molecule has 1 aliphatic rings. The lowest BCUT2D eigenvalue weighted by Gasteiger charge is -2.32. The second-order valence-electron chi connectivity index (χ2n) is 6.45. The first-order valence-corrected chi connectivity index (χ1v) is 8.75. The summed E-state index contributed by atoms with van der Waals surface area (Å²) in [4.78, 5) is 12.1. The lowest BCUT2D eigenvalue weighted by atomic mass is 9.81. The van der Waals surface area contributed by atoms with Gasteiger partial charge in [-0.15, -0.1) is 11.8 Å². The van der Waals surface area contributed by atoms with Crippen LogP contribution in [0.25, 0.3) is 0 Å². The minimum Gasteiger partial charge on any atom is -0.481 e. The van der Waals surface area contributed by atoms with Gasteiger partial charge in [0.15, 0.2) is 0 Å². The molecule has 0 aliphatic carbocycles. The number of aromatic nitrogens is 2. The zero-order valence-corrected chi connectivity index (χ0v) is 14.5. The molecule has 0 saturated carbocycles. The Morgan fingerprint density at radius 3 is 2.88 bits per heavy atom. The Balaban J connectivity index is 1.88. The lowest BCUT2D eigenvalue weighted by Crippen LogP contribution is -2.22. The Kier molecular flexibility index (Phi) is 4.59. The van der Waals surface area contributed by atoms with Gasteiger partial charge in [0.25, 0.3) is 0 Å². The molecule has 0 unspecified atom stereocenters. The molecule has 2 heterocycles. The molecule has 1 aromatic carbocycles. The van der Waals surface area contributed by atoms with Crippen molar-refractivity contribution in [3.05, 3.63) is 52.8 Å². The molecule has 0 amide bonds. The van der Waals surface area contributed by atoms with E-state index >= 15 is 0 Å². The quantitative estimate of drug-likeness (QED) is 0.852. The molecule has 1 N–H and O–H groups in total. The maximum absolute atomic E-state index is 10.8. The van der Waals surface area contributed by atoms with E-state index < -0.39 is 5.97 Å². The molecule has 0 atom stereocenters. The van der Waals surface area contributed by atoms with E-state index in [-0.39, 0.29) is 11.8 Å². The molecule has 24 heavy (non-hydrogen) atoms. The van der Waals surface area contributed by atoms with Gasteiger partial charge in [0.05, 0.1) is 18.3 Å². The van der Waals surface area contributed by atoms with Crippen LogP contribution >= 0.6 is 11.8 Å². The number of aliphatic carboxylic acids is 1. The molecule has 0 spiro atoms. The number of fused-ring (bicyclic) bond motifs is 1. The molecule has 0 bridgehead atoms. The van der Waals surface area contributed by atoms with Crippen LogP contribution < -0.4 is 0 Å². The molecule has 1 aromatic heterocycles. The second kappa shape index (κ2) is 6.66. The third kappa shape index (κ3) is 3.77. The van der Waals surface area contributed by atoms with Crippen molar-refractivity contribution in [2.45, 2.75) is 37.0 Å². The molecular weight excluding hydrogens is 320 g/mol. The van der Waals surface area contributed by atoms with Crippen molar-refractivity contribution in [2.24, 2.45) is 0 Å². The lowest BCUT2D eigenvalue weighted by molar-refractivity contribution is -0.136. The Morgan fingerprint density at radius 2 is 2.08 bits per heavy atom. The number of carboxylic acid groups (broad SMARTS) is 1. The average Bonchev–Trinajstić information content (AvgIpc) is 2.53. The number of carbonyl (C=O) groups is 1. The van der Waals surface area contributed by atoms with Gasteiger partial charge in [0.1, 0.15) is 0 Å². The van der Waals surface area contributed by atoms with Gasteiger partial charge >= 0.3 is 5.97 Å². The first-order chi connectivity index (χ1) is 11.4. The monoisotopic (exact) mass is 338 g/mol. The minimum absolute atomic E-state index is 0.146. The molecule has 4 nitrogen and oxygen atoms in total. The number of thioether (sulfide) groups is 1. The third-order valence-electron chi connectivity index (χ3n) is 4.08. The predicted octanol–water partition coefficient (Wildman–Crippen LogP) is 3.28. The molecule has 122 valence electrons.